The Labute approximate surface area is 362 Å². The topological polar surface area (TPSA) is 8.17 Å². The summed E-state index contributed by atoms with van der Waals surface area (Å²) < 4.78 is 2.38. The van der Waals surface area contributed by atoms with E-state index >= 15 is 0 Å². The minimum absolute atomic E-state index is 1.09. The molecule has 0 radical (unpaired) electrons. The molecule has 1 heterocycles. The molecule has 0 spiro atoms. The second-order valence-electron chi connectivity index (χ2n) is 15.7. The molecule has 2 nitrogen and oxygen atoms in total. The Balaban J connectivity index is 1.02. The summed E-state index contributed by atoms with van der Waals surface area (Å²) in [6, 6.07) is 91.9. The smallest absolute Gasteiger partial charge is 0.0547 e. The van der Waals surface area contributed by atoms with E-state index in [-0.39, 0.29) is 0 Å². The van der Waals surface area contributed by atoms with Crippen LogP contribution in [0.3, 0.4) is 0 Å². The predicted molar refractivity (Wildman–Crippen MR) is 263 cm³/mol. The zero-order chi connectivity index (χ0) is 41.2. The molecule has 11 aromatic rings. The van der Waals surface area contributed by atoms with Crippen LogP contribution in [0.25, 0.3) is 83.1 Å². The van der Waals surface area contributed by atoms with Crippen molar-refractivity contribution in [2.75, 3.05) is 4.90 Å². The van der Waals surface area contributed by atoms with Crippen LogP contribution in [0.5, 0.6) is 0 Å². The molecular formula is C60H42N2. The van der Waals surface area contributed by atoms with E-state index in [1.54, 1.807) is 0 Å². The lowest BCUT2D eigenvalue weighted by molar-refractivity contribution is 1.18. The average Bonchev–Trinajstić information content (AvgIpc) is 3.70. The minimum atomic E-state index is 1.09. The molecule has 2 heteroatoms. The quantitative estimate of drug-likeness (QED) is 0.141. The molecule has 11 rings (SSSR count). The molecule has 0 aliphatic rings. The van der Waals surface area contributed by atoms with Crippen LogP contribution >= 0.6 is 0 Å². The van der Waals surface area contributed by atoms with E-state index in [2.05, 4.69) is 264 Å². The Morgan fingerprint density at radius 2 is 0.742 bits per heavy atom. The molecule has 0 amide bonds. The van der Waals surface area contributed by atoms with Crippen LogP contribution in [0.4, 0.5) is 17.1 Å². The molecule has 1 aromatic heterocycles. The summed E-state index contributed by atoms with van der Waals surface area (Å²) in [5, 5.41) is 2.50. The average molecular weight is 791 g/mol. The summed E-state index contributed by atoms with van der Waals surface area (Å²) in [4.78, 5) is 2.39. The van der Waals surface area contributed by atoms with Crippen molar-refractivity contribution in [3.05, 3.63) is 255 Å². The highest BCUT2D eigenvalue weighted by molar-refractivity contribution is 6.15. The lowest BCUT2D eigenvalue weighted by Gasteiger charge is -2.28. The van der Waals surface area contributed by atoms with Gasteiger partial charge in [0.25, 0.3) is 0 Å². The third-order valence-corrected chi connectivity index (χ3v) is 12.0. The second-order valence-corrected chi connectivity index (χ2v) is 15.7. The maximum absolute atomic E-state index is 2.39. The lowest BCUT2D eigenvalue weighted by atomic mass is 9.91. The van der Waals surface area contributed by atoms with Crippen LogP contribution in [0.15, 0.2) is 255 Å². The molecule has 0 atom stereocenters. The summed E-state index contributed by atoms with van der Waals surface area (Å²) in [5.41, 5.74) is 18.8. The maximum atomic E-state index is 2.39. The Hall–Kier alpha value is -8.20. The Bertz CT molecular complexity index is 3300. The van der Waals surface area contributed by atoms with Gasteiger partial charge in [-0.1, -0.05) is 194 Å². The van der Waals surface area contributed by atoms with Crippen molar-refractivity contribution in [1.29, 1.82) is 0 Å². The van der Waals surface area contributed by atoms with E-state index in [9.17, 15) is 0 Å². The van der Waals surface area contributed by atoms with Crippen LogP contribution < -0.4 is 4.90 Å². The van der Waals surface area contributed by atoms with E-state index < -0.39 is 0 Å². The van der Waals surface area contributed by atoms with Gasteiger partial charge in [-0.05, 0) is 111 Å². The number of benzene rings is 10. The van der Waals surface area contributed by atoms with Gasteiger partial charge in [-0.15, -0.1) is 0 Å². The lowest BCUT2D eigenvalue weighted by Crippen LogP contribution is -2.11. The number of rotatable bonds is 9. The third-order valence-electron chi connectivity index (χ3n) is 12.0. The van der Waals surface area contributed by atoms with Gasteiger partial charge in [-0.2, -0.15) is 0 Å². The summed E-state index contributed by atoms with van der Waals surface area (Å²) in [7, 11) is 0. The van der Waals surface area contributed by atoms with Gasteiger partial charge in [0.05, 0.1) is 16.7 Å². The van der Waals surface area contributed by atoms with Crippen molar-refractivity contribution in [3.8, 4) is 61.3 Å². The number of nitrogens with zero attached hydrogens (tertiary/aromatic N) is 2. The van der Waals surface area contributed by atoms with Crippen LogP contribution in [0, 0.1) is 0 Å². The first-order chi connectivity index (χ1) is 30.8. The number of hydrogen-bond donors (Lipinski definition) is 0. The van der Waals surface area contributed by atoms with Crippen molar-refractivity contribution >= 4 is 38.9 Å². The molecular weight excluding hydrogens is 749 g/mol. The largest absolute Gasteiger partial charge is 0.310 e. The van der Waals surface area contributed by atoms with E-state index in [0.717, 1.165) is 22.7 Å². The fourth-order valence-electron chi connectivity index (χ4n) is 9.12. The minimum Gasteiger partial charge on any atom is -0.310 e. The predicted octanol–water partition coefficient (Wildman–Crippen LogP) is 16.6. The van der Waals surface area contributed by atoms with Gasteiger partial charge < -0.3 is 9.47 Å². The zero-order valence-electron chi connectivity index (χ0n) is 34.1. The second kappa shape index (κ2) is 16.1. The summed E-state index contributed by atoms with van der Waals surface area (Å²) in [6.45, 7) is 0. The number of aromatic nitrogens is 1. The van der Waals surface area contributed by atoms with E-state index in [1.807, 2.05) is 0 Å². The van der Waals surface area contributed by atoms with Gasteiger partial charge in [0.2, 0.25) is 0 Å². The number of hydrogen-bond acceptors (Lipinski definition) is 1. The zero-order valence-corrected chi connectivity index (χ0v) is 34.1. The first-order valence-corrected chi connectivity index (χ1v) is 21.3. The molecule has 292 valence electrons. The van der Waals surface area contributed by atoms with Crippen molar-refractivity contribution in [2.24, 2.45) is 0 Å². The first kappa shape index (κ1) is 36.8. The Kier molecular flexibility index (Phi) is 9.57. The van der Waals surface area contributed by atoms with Crippen molar-refractivity contribution < 1.29 is 0 Å². The van der Waals surface area contributed by atoms with Gasteiger partial charge in [-0.25, -0.2) is 0 Å². The Morgan fingerprint density at radius 3 is 1.40 bits per heavy atom. The molecule has 0 N–H and O–H groups in total. The highest BCUT2D eigenvalue weighted by Crippen LogP contribution is 2.44. The van der Waals surface area contributed by atoms with E-state index in [0.29, 0.717) is 0 Å². The molecule has 0 fully saturated rings. The summed E-state index contributed by atoms with van der Waals surface area (Å²) >= 11 is 0. The van der Waals surface area contributed by atoms with Gasteiger partial charge in [0.15, 0.2) is 0 Å². The maximum Gasteiger partial charge on any atom is 0.0547 e. The molecule has 0 aliphatic carbocycles. The standard InChI is InChI=1S/C60H42N2/c1-5-18-44(19-6-1)52-41-36-48(42-56(52)46-22-9-3-10-23-46)43-32-37-50(38-33-43)61(57-29-15-13-26-53(57)45-20-7-2-8-21-45)51-39-34-47(35-40-51)54-28-17-31-59-60(54)55-27-14-16-30-58(55)62(59)49-24-11-4-12-25-49/h1-42H. The van der Waals surface area contributed by atoms with Gasteiger partial charge in [-0.3, -0.25) is 0 Å². The number of fused-ring (bicyclic) bond motifs is 3. The SMILES string of the molecule is c1ccc(-c2ccc(-c3ccc(N(c4ccc(-c5cccc6c5c5ccccc5n6-c5ccccc5)cc4)c4ccccc4-c4ccccc4)cc3)cc2-c2ccccc2)cc1. The number of anilines is 3. The summed E-state index contributed by atoms with van der Waals surface area (Å²) in [5.74, 6) is 0. The normalized spacial score (nSPS) is 11.2. The number of para-hydroxylation sites is 3. The van der Waals surface area contributed by atoms with Gasteiger partial charge in [0, 0.05) is 33.4 Å². The fourth-order valence-corrected chi connectivity index (χ4v) is 9.12. The molecule has 0 saturated heterocycles. The molecule has 0 saturated carbocycles. The first-order valence-electron chi connectivity index (χ1n) is 21.3. The molecule has 0 bridgehead atoms. The van der Waals surface area contributed by atoms with Gasteiger partial charge >= 0.3 is 0 Å². The monoisotopic (exact) mass is 790 g/mol. The molecule has 0 aliphatic heterocycles. The Morgan fingerprint density at radius 1 is 0.274 bits per heavy atom. The summed E-state index contributed by atoms with van der Waals surface area (Å²) in [6.07, 6.45) is 0. The van der Waals surface area contributed by atoms with E-state index in [1.165, 1.54) is 77.4 Å². The van der Waals surface area contributed by atoms with Crippen LogP contribution in [-0.4, -0.2) is 4.57 Å². The molecule has 0 unspecified atom stereocenters. The van der Waals surface area contributed by atoms with Crippen LogP contribution in [0.1, 0.15) is 0 Å². The highest BCUT2D eigenvalue weighted by Gasteiger charge is 2.20. The highest BCUT2D eigenvalue weighted by atomic mass is 15.1. The van der Waals surface area contributed by atoms with Crippen molar-refractivity contribution in [3.63, 3.8) is 0 Å². The van der Waals surface area contributed by atoms with Crippen LogP contribution in [0.2, 0.25) is 0 Å². The van der Waals surface area contributed by atoms with E-state index in [4.69, 9.17) is 0 Å². The molecule has 10 aromatic carbocycles. The van der Waals surface area contributed by atoms with Crippen molar-refractivity contribution in [1.82, 2.24) is 4.57 Å². The van der Waals surface area contributed by atoms with Gasteiger partial charge in [0.1, 0.15) is 0 Å². The van der Waals surface area contributed by atoms with Crippen LogP contribution in [-0.2, 0) is 0 Å². The van der Waals surface area contributed by atoms with Crippen molar-refractivity contribution in [2.45, 2.75) is 0 Å². The molecule has 62 heavy (non-hydrogen) atoms. The third kappa shape index (κ3) is 6.74. The fraction of sp³-hybridized carbons (Fsp3) is 0.